The highest BCUT2D eigenvalue weighted by Crippen LogP contribution is 2.17. The molecule has 2 amide bonds. The van der Waals surface area contributed by atoms with Gasteiger partial charge in [0.05, 0.1) is 13.7 Å². The Kier molecular flexibility index (Phi) is 9.28. The van der Waals surface area contributed by atoms with Gasteiger partial charge in [-0.25, -0.2) is 4.79 Å². The number of anilines is 1. The molecule has 0 aliphatic carbocycles. The number of amides is 2. The summed E-state index contributed by atoms with van der Waals surface area (Å²) in [6, 6.07) is 7.07. The summed E-state index contributed by atoms with van der Waals surface area (Å²) in [6.07, 6.45) is 3.83. The van der Waals surface area contributed by atoms with Gasteiger partial charge < -0.3 is 20.1 Å². The van der Waals surface area contributed by atoms with Crippen molar-refractivity contribution in [2.45, 2.75) is 39.0 Å². The molecule has 0 atom stereocenters. The molecule has 0 saturated carbocycles. The van der Waals surface area contributed by atoms with E-state index in [1.807, 2.05) is 25.1 Å². The van der Waals surface area contributed by atoms with Gasteiger partial charge in [-0.2, -0.15) is 0 Å². The number of rotatable bonds is 10. The number of carbonyl (C=O) groups excluding carboxylic acids is 2. The van der Waals surface area contributed by atoms with Crippen molar-refractivity contribution in [2.24, 2.45) is 0 Å². The Hall–Kier alpha value is -2.24. The zero-order chi connectivity index (χ0) is 16.9. The smallest absolute Gasteiger partial charge is 0.319 e. The average molecular weight is 322 g/mol. The van der Waals surface area contributed by atoms with Gasteiger partial charge in [-0.05, 0) is 31.4 Å². The fraction of sp³-hybridized carbons (Fsp3) is 0.529. The number of methoxy groups -OCH3 is 1. The van der Waals surface area contributed by atoms with E-state index in [2.05, 4.69) is 15.4 Å². The van der Waals surface area contributed by atoms with Crippen LogP contribution in [0.15, 0.2) is 24.3 Å². The van der Waals surface area contributed by atoms with Crippen LogP contribution in [0.1, 0.15) is 39.0 Å². The molecule has 6 nitrogen and oxygen atoms in total. The van der Waals surface area contributed by atoms with Gasteiger partial charge in [-0.1, -0.05) is 19.4 Å². The molecule has 1 rings (SSSR count). The maximum Gasteiger partial charge on any atom is 0.319 e. The first kappa shape index (κ1) is 18.8. The van der Waals surface area contributed by atoms with Crippen LogP contribution in [0.5, 0.6) is 5.75 Å². The molecule has 0 unspecified atom stereocenters. The standard InChI is InChI=1S/C17H26N2O4/c1-3-12-23-15-9-7-8-14(13-15)19-17(21)18-11-6-4-5-10-16(20)22-2/h7-9,13H,3-6,10-12H2,1-2H3,(H2,18,19,21). The molecule has 0 radical (unpaired) electrons. The van der Waals surface area contributed by atoms with Crippen molar-refractivity contribution in [3.8, 4) is 5.75 Å². The Balaban J connectivity index is 2.19. The van der Waals surface area contributed by atoms with Crippen molar-refractivity contribution < 1.29 is 19.1 Å². The lowest BCUT2D eigenvalue weighted by Crippen LogP contribution is -2.29. The van der Waals surface area contributed by atoms with E-state index >= 15 is 0 Å². The van der Waals surface area contributed by atoms with Crippen LogP contribution in [-0.4, -0.2) is 32.3 Å². The minimum absolute atomic E-state index is 0.194. The first-order chi connectivity index (χ1) is 11.2. The van der Waals surface area contributed by atoms with E-state index < -0.39 is 0 Å². The van der Waals surface area contributed by atoms with Crippen LogP contribution in [0.2, 0.25) is 0 Å². The lowest BCUT2D eigenvalue weighted by Gasteiger charge is -2.09. The van der Waals surface area contributed by atoms with Crippen LogP contribution < -0.4 is 15.4 Å². The van der Waals surface area contributed by atoms with Gasteiger partial charge in [0.25, 0.3) is 0 Å². The number of urea groups is 1. The Labute approximate surface area is 137 Å². The monoisotopic (exact) mass is 322 g/mol. The number of carbonyl (C=O) groups is 2. The summed E-state index contributed by atoms with van der Waals surface area (Å²) in [5, 5.41) is 5.56. The summed E-state index contributed by atoms with van der Waals surface area (Å²) in [5.41, 5.74) is 0.696. The molecule has 0 saturated heterocycles. The van der Waals surface area contributed by atoms with Gasteiger partial charge in [0.2, 0.25) is 0 Å². The minimum atomic E-state index is -0.245. The third-order valence-electron chi connectivity index (χ3n) is 3.14. The number of esters is 1. The first-order valence-corrected chi connectivity index (χ1v) is 8.00. The molecule has 2 N–H and O–H groups in total. The molecule has 0 fully saturated rings. The number of hydrogen-bond donors (Lipinski definition) is 2. The second-order valence-electron chi connectivity index (χ2n) is 5.14. The molecular formula is C17H26N2O4. The lowest BCUT2D eigenvalue weighted by atomic mass is 10.2. The van der Waals surface area contributed by atoms with Crippen LogP contribution in [0.3, 0.4) is 0 Å². The largest absolute Gasteiger partial charge is 0.494 e. The van der Waals surface area contributed by atoms with Gasteiger partial charge >= 0.3 is 12.0 Å². The normalized spacial score (nSPS) is 10.0. The Morgan fingerprint density at radius 1 is 1.17 bits per heavy atom. The predicted molar refractivity (Wildman–Crippen MR) is 89.7 cm³/mol. The molecule has 0 aliphatic heterocycles. The number of hydrogen-bond acceptors (Lipinski definition) is 4. The van der Waals surface area contributed by atoms with E-state index in [9.17, 15) is 9.59 Å². The summed E-state index contributed by atoms with van der Waals surface area (Å²) in [4.78, 5) is 22.7. The van der Waals surface area contributed by atoms with Crippen LogP contribution in [0.25, 0.3) is 0 Å². The van der Waals surface area contributed by atoms with E-state index in [1.165, 1.54) is 7.11 Å². The fourth-order valence-electron chi connectivity index (χ4n) is 1.93. The second-order valence-corrected chi connectivity index (χ2v) is 5.14. The fourth-order valence-corrected chi connectivity index (χ4v) is 1.93. The zero-order valence-electron chi connectivity index (χ0n) is 13.9. The first-order valence-electron chi connectivity index (χ1n) is 8.00. The molecule has 0 aromatic heterocycles. The van der Waals surface area contributed by atoms with E-state index in [0.29, 0.717) is 25.3 Å². The van der Waals surface area contributed by atoms with Crippen molar-refractivity contribution in [3.63, 3.8) is 0 Å². The van der Waals surface area contributed by atoms with Crippen molar-refractivity contribution in [1.82, 2.24) is 5.32 Å². The Bertz CT molecular complexity index is 491. The molecule has 0 spiro atoms. The maximum atomic E-state index is 11.8. The summed E-state index contributed by atoms with van der Waals surface area (Å²) in [6.45, 7) is 3.26. The topological polar surface area (TPSA) is 76.7 Å². The number of unbranched alkanes of at least 4 members (excludes halogenated alkanes) is 2. The average Bonchev–Trinajstić information content (AvgIpc) is 2.56. The van der Waals surface area contributed by atoms with Crippen molar-refractivity contribution in [1.29, 1.82) is 0 Å². The SMILES string of the molecule is CCCOc1cccc(NC(=O)NCCCCCC(=O)OC)c1. The van der Waals surface area contributed by atoms with Crippen LogP contribution >= 0.6 is 0 Å². The van der Waals surface area contributed by atoms with Crippen molar-refractivity contribution in [2.75, 3.05) is 25.6 Å². The van der Waals surface area contributed by atoms with Crippen molar-refractivity contribution >= 4 is 17.7 Å². The highest BCUT2D eigenvalue weighted by Gasteiger charge is 2.03. The van der Waals surface area contributed by atoms with Gasteiger partial charge in [0.15, 0.2) is 0 Å². The Morgan fingerprint density at radius 2 is 2.00 bits per heavy atom. The van der Waals surface area contributed by atoms with Gasteiger partial charge in [0.1, 0.15) is 5.75 Å². The van der Waals surface area contributed by atoms with Crippen LogP contribution in [0, 0.1) is 0 Å². The molecule has 0 heterocycles. The molecule has 128 valence electrons. The molecule has 0 aliphatic rings. The number of ether oxygens (including phenoxy) is 2. The molecule has 0 bridgehead atoms. The predicted octanol–water partition coefficient (Wildman–Crippen LogP) is 3.33. The molecule has 23 heavy (non-hydrogen) atoms. The van der Waals surface area contributed by atoms with E-state index in [4.69, 9.17) is 4.74 Å². The Morgan fingerprint density at radius 3 is 2.74 bits per heavy atom. The quantitative estimate of drug-likeness (QED) is 0.512. The highest BCUT2D eigenvalue weighted by atomic mass is 16.5. The van der Waals surface area contributed by atoms with Gasteiger partial charge in [-0.3, -0.25) is 4.79 Å². The molecule has 6 heteroatoms. The zero-order valence-corrected chi connectivity index (χ0v) is 13.9. The lowest BCUT2D eigenvalue weighted by molar-refractivity contribution is -0.140. The summed E-state index contributed by atoms with van der Waals surface area (Å²) in [7, 11) is 1.39. The van der Waals surface area contributed by atoms with E-state index in [1.54, 1.807) is 6.07 Å². The summed E-state index contributed by atoms with van der Waals surface area (Å²) >= 11 is 0. The van der Waals surface area contributed by atoms with Crippen LogP contribution in [0.4, 0.5) is 10.5 Å². The van der Waals surface area contributed by atoms with Crippen LogP contribution in [-0.2, 0) is 9.53 Å². The number of benzene rings is 1. The highest BCUT2D eigenvalue weighted by molar-refractivity contribution is 5.89. The van der Waals surface area contributed by atoms with E-state index in [0.717, 1.165) is 31.4 Å². The number of nitrogens with one attached hydrogen (secondary N) is 2. The van der Waals surface area contributed by atoms with Crippen molar-refractivity contribution in [3.05, 3.63) is 24.3 Å². The molecular weight excluding hydrogens is 296 g/mol. The summed E-state index contributed by atoms with van der Waals surface area (Å²) < 4.78 is 10.1. The third kappa shape index (κ3) is 8.70. The summed E-state index contributed by atoms with van der Waals surface area (Å²) in [5.74, 6) is 0.549. The molecule has 1 aromatic rings. The van der Waals surface area contributed by atoms with Gasteiger partial charge in [-0.15, -0.1) is 0 Å². The minimum Gasteiger partial charge on any atom is -0.494 e. The molecule has 1 aromatic carbocycles. The third-order valence-corrected chi connectivity index (χ3v) is 3.14. The second kappa shape index (κ2) is 11.3. The maximum absolute atomic E-state index is 11.8. The van der Waals surface area contributed by atoms with Gasteiger partial charge in [0, 0.05) is 24.7 Å². The van der Waals surface area contributed by atoms with E-state index in [-0.39, 0.29) is 12.0 Å².